The van der Waals surface area contributed by atoms with E-state index in [1.54, 1.807) is 23.9 Å². The number of likely N-dealkylation sites (tertiary alicyclic amines) is 1. The largest absolute Gasteiger partial charge is 0.480 e. The fourth-order valence-electron chi connectivity index (χ4n) is 3.24. The van der Waals surface area contributed by atoms with E-state index in [1.807, 2.05) is 13.8 Å². The van der Waals surface area contributed by atoms with Gasteiger partial charge in [-0.05, 0) is 26.8 Å². The van der Waals surface area contributed by atoms with Gasteiger partial charge < -0.3 is 14.7 Å². The predicted octanol–water partition coefficient (Wildman–Crippen LogP) is 1.63. The Hall–Kier alpha value is -2.48. The molecule has 3 heterocycles. The topological polar surface area (TPSA) is 97.5 Å². The number of hydrogen-bond donors (Lipinski definition) is 1. The number of rotatable bonds is 4. The molecule has 0 spiro atoms. The number of aromatic nitrogens is 3. The van der Waals surface area contributed by atoms with Crippen molar-refractivity contribution in [2.75, 3.05) is 13.7 Å². The third-order valence-electron chi connectivity index (χ3n) is 4.62. The number of hydrogen-bond acceptors (Lipinski definition) is 5. The molecular weight excluding hydrogens is 324 g/mol. The molecule has 8 heteroatoms. The van der Waals surface area contributed by atoms with E-state index in [2.05, 4.69) is 10.1 Å². The quantitative estimate of drug-likeness (QED) is 0.904. The second kappa shape index (κ2) is 6.44. The molecule has 1 aliphatic rings. The minimum absolute atomic E-state index is 0.156. The summed E-state index contributed by atoms with van der Waals surface area (Å²) in [5.41, 5.74) is 1.68. The van der Waals surface area contributed by atoms with Crippen molar-refractivity contribution < 1.29 is 19.4 Å². The van der Waals surface area contributed by atoms with Gasteiger partial charge in [0.1, 0.15) is 6.04 Å². The molecule has 0 saturated carbocycles. The number of carbonyl (C=O) groups excluding carboxylic acids is 1. The van der Waals surface area contributed by atoms with E-state index in [4.69, 9.17) is 4.74 Å². The molecule has 0 aliphatic carbocycles. The summed E-state index contributed by atoms with van der Waals surface area (Å²) >= 11 is 0. The molecular formula is C17H22N4O4. The lowest BCUT2D eigenvalue weighted by Crippen LogP contribution is -2.41. The zero-order chi connectivity index (χ0) is 18.3. The lowest BCUT2D eigenvalue weighted by atomic mass is 10.1. The van der Waals surface area contributed by atoms with Crippen LogP contribution in [-0.4, -0.2) is 62.4 Å². The van der Waals surface area contributed by atoms with Crippen LogP contribution in [0.4, 0.5) is 0 Å². The van der Waals surface area contributed by atoms with Crippen LogP contribution in [0.25, 0.3) is 11.0 Å². The zero-order valence-corrected chi connectivity index (χ0v) is 14.8. The first kappa shape index (κ1) is 17.3. The molecule has 2 aromatic rings. The Balaban J connectivity index is 1.99. The molecule has 1 N–H and O–H groups in total. The number of carboxylic acid groups (broad SMARTS) is 1. The molecule has 0 bridgehead atoms. The summed E-state index contributed by atoms with van der Waals surface area (Å²) in [7, 11) is 1.52. The number of carboxylic acids is 1. The molecule has 8 nitrogen and oxygen atoms in total. The van der Waals surface area contributed by atoms with Crippen LogP contribution in [0.2, 0.25) is 0 Å². The number of aryl methyl sites for hydroxylation is 1. The van der Waals surface area contributed by atoms with Crippen LogP contribution in [0.15, 0.2) is 12.3 Å². The predicted molar refractivity (Wildman–Crippen MR) is 90.5 cm³/mol. The second-order valence-electron chi connectivity index (χ2n) is 6.62. The number of methoxy groups -OCH3 is 1. The maximum absolute atomic E-state index is 13.0. The Kier molecular flexibility index (Phi) is 4.47. The summed E-state index contributed by atoms with van der Waals surface area (Å²) in [6.07, 6.45) is 1.69. The number of nitrogens with zero attached hydrogens (tertiary/aromatic N) is 4. The first-order chi connectivity index (χ1) is 11.8. The number of amides is 1. The average Bonchev–Trinajstić information content (AvgIpc) is 3.17. The molecule has 25 heavy (non-hydrogen) atoms. The number of ether oxygens (including phenoxy) is 1. The first-order valence-corrected chi connectivity index (χ1v) is 8.25. The number of aliphatic carboxylic acids is 1. The SMILES string of the molecule is COC1CC(C(=O)O)N(C(=O)c2cc3cnn(C(C)C)c3nc2C)C1. The monoisotopic (exact) mass is 346 g/mol. The van der Waals surface area contributed by atoms with Crippen LogP contribution in [-0.2, 0) is 9.53 Å². The second-order valence-corrected chi connectivity index (χ2v) is 6.62. The van der Waals surface area contributed by atoms with Crippen LogP contribution in [0.1, 0.15) is 42.4 Å². The summed E-state index contributed by atoms with van der Waals surface area (Å²) in [5, 5.41) is 14.5. The average molecular weight is 346 g/mol. The fourth-order valence-corrected chi connectivity index (χ4v) is 3.24. The summed E-state index contributed by atoms with van der Waals surface area (Å²) in [6, 6.07) is 1.01. The van der Waals surface area contributed by atoms with Gasteiger partial charge in [-0.3, -0.25) is 4.79 Å². The minimum atomic E-state index is -1.02. The summed E-state index contributed by atoms with van der Waals surface area (Å²) in [5.74, 6) is -1.36. The first-order valence-electron chi connectivity index (χ1n) is 8.25. The van der Waals surface area contributed by atoms with Crippen molar-refractivity contribution in [1.29, 1.82) is 0 Å². The van der Waals surface area contributed by atoms with Crippen LogP contribution in [0.5, 0.6) is 0 Å². The van der Waals surface area contributed by atoms with Crippen molar-refractivity contribution >= 4 is 22.9 Å². The third kappa shape index (κ3) is 2.97. The molecule has 1 fully saturated rings. The van der Waals surface area contributed by atoms with Crippen LogP contribution >= 0.6 is 0 Å². The van der Waals surface area contributed by atoms with Gasteiger partial charge in [0.25, 0.3) is 5.91 Å². The lowest BCUT2D eigenvalue weighted by molar-refractivity contribution is -0.141. The number of carbonyl (C=O) groups is 2. The van der Waals surface area contributed by atoms with Crippen LogP contribution in [0.3, 0.4) is 0 Å². The van der Waals surface area contributed by atoms with E-state index in [0.29, 0.717) is 11.3 Å². The van der Waals surface area contributed by atoms with Gasteiger partial charge in [-0.2, -0.15) is 5.10 Å². The molecule has 2 aromatic heterocycles. The normalized spacial score (nSPS) is 20.6. The lowest BCUT2D eigenvalue weighted by Gasteiger charge is -2.22. The van der Waals surface area contributed by atoms with E-state index >= 15 is 0 Å². The van der Waals surface area contributed by atoms with E-state index in [1.165, 1.54) is 12.0 Å². The van der Waals surface area contributed by atoms with Crippen molar-refractivity contribution in [1.82, 2.24) is 19.7 Å². The number of fused-ring (bicyclic) bond motifs is 1. The zero-order valence-electron chi connectivity index (χ0n) is 14.8. The summed E-state index contributed by atoms with van der Waals surface area (Å²) < 4.78 is 7.05. The van der Waals surface area contributed by atoms with E-state index in [-0.39, 0.29) is 31.0 Å². The van der Waals surface area contributed by atoms with Gasteiger partial charge in [-0.15, -0.1) is 0 Å². The van der Waals surface area contributed by atoms with Crippen LogP contribution < -0.4 is 0 Å². The standard InChI is InChI=1S/C17H22N4O4/c1-9(2)21-15-11(7-18-21)5-13(10(3)19-15)16(22)20-8-12(25-4)6-14(20)17(23)24/h5,7,9,12,14H,6,8H2,1-4H3,(H,23,24). The molecule has 0 aromatic carbocycles. The molecule has 2 unspecified atom stereocenters. The summed E-state index contributed by atoms with van der Waals surface area (Å²) in [4.78, 5) is 30.4. The van der Waals surface area contributed by atoms with Gasteiger partial charge in [-0.25, -0.2) is 14.5 Å². The van der Waals surface area contributed by atoms with E-state index < -0.39 is 12.0 Å². The van der Waals surface area contributed by atoms with Crippen molar-refractivity contribution in [2.24, 2.45) is 0 Å². The van der Waals surface area contributed by atoms with Crippen molar-refractivity contribution in [3.63, 3.8) is 0 Å². The number of pyridine rings is 1. The van der Waals surface area contributed by atoms with Crippen molar-refractivity contribution in [2.45, 2.75) is 45.4 Å². The Morgan fingerprint density at radius 3 is 2.72 bits per heavy atom. The maximum atomic E-state index is 13.0. The Bertz CT molecular complexity index is 829. The Morgan fingerprint density at radius 1 is 1.40 bits per heavy atom. The van der Waals surface area contributed by atoms with Crippen molar-refractivity contribution in [3.05, 3.63) is 23.5 Å². The van der Waals surface area contributed by atoms with Gasteiger partial charge in [-0.1, -0.05) is 0 Å². The molecule has 1 aliphatic heterocycles. The minimum Gasteiger partial charge on any atom is -0.480 e. The molecule has 1 amide bonds. The fraction of sp³-hybridized carbons (Fsp3) is 0.529. The summed E-state index contributed by atoms with van der Waals surface area (Å²) in [6.45, 7) is 6.03. The molecule has 1 saturated heterocycles. The molecule has 2 atom stereocenters. The molecule has 0 radical (unpaired) electrons. The maximum Gasteiger partial charge on any atom is 0.326 e. The third-order valence-corrected chi connectivity index (χ3v) is 4.62. The van der Waals surface area contributed by atoms with Gasteiger partial charge >= 0.3 is 5.97 Å². The highest BCUT2D eigenvalue weighted by molar-refractivity contribution is 6.00. The van der Waals surface area contributed by atoms with Gasteiger partial charge in [0.15, 0.2) is 5.65 Å². The van der Waals surface area contributed by atoms with E-state index in [9.17, 15) is 14.7 Å². The smallest absolute Gasteiger partial charge is 0.326 e. The Labute approximate surface area is 145 Å². The van der Waals surface area contributed by atoms with Crippen molar-refractivity contribution in [3.8, 4) is 0 Å². The van der Waals surface area contributed by atoms with Gasteiger partial charge in [0, 0.05) is 31.5 Å². The van der Waals surface area contributed by atoms with Crippen LogP contribution in [0, 0.1) is 6.92 Å². The Morgan fingerprint density at radius 2 is 2.12 bits per heavy atom. The van der Waals surface area contributed by atoms with Gasteiger partial charge in [0.2, 0.25) is 0 Å². The molecule has 134 valence electrons. The molecule has 3 rings (SSSR count). The van der Waals surface area contributed by atoms with Gasteiger partial charge in [0.05, 0.1) is 23.6 Å². The highest BCUT2D eigenvalue weighted by atomic mass is 16.5. The highest BCUT2D eigenvalue weighted by Gasteiger charge is 2.40. The van der Waals surface area contributed by atoms with E-state index in [0.717, 1.165) is 11.0 Å². The highest BCUT2D eigenvalue weighted by Crippen LogP contribution is 2.25.